The van der Waals surface area contributed by atoms with Crippen LogP contribution in [0.25, 0.3) is 21.6 Å². The van der Waals surface area contributed by atoms with Gasteiger partial charge in [-0.05, 0) is 30.7 Å². The number of nitrogens with zero attached hydrogens (tertiary/aromatic N) is 3. The molecule has 0 fully saturated rings. The van der Waals surface area contributed by atoms with E-state index in [1.807, 2.05) is 12.1 Å². The van der Waals surface area contributed by atoms with Crippen molar-refractivity contribution in [3.8, 4) is 10.7 Å². The van der Waals surface area contributed by atoms with Gasteiger partial charge in [0.2, 0.25) is 0 Å². The first-order chi connectivity index (χ1) is 12.8. The number of aryl methyl sites for hydroxylation is 1. The van der Waals surface area contributed by atoms with Gasteiger partial charge in [0.05, 0.1) is 5.69 Å². The van der Waals surface area contributed by atoms with E-state index in [0.717, 1.165) is 23.7 Å². The molecule has 0 unspecified atom stereocenters. The van der Waals surface area contributed by atoms with E-state index in [-0.39, 0.29) is 5.91 Å². The smallest absolute Gasteiger partial charge is 0.275 e. The van der Waals surface area contributed by atoms with Gasteiger partial charge in [0, 0.05) is 40.9 Å². The van der Waals surface area contributed by atoms with Crippen LogP contribution in [0.2, 0.25) is 0 Å². The highest BCUT2D eigenvalue weighted by atomic mass is 32.1. The molecule has 0 aliphatic carbocycles. The zero-order valence-electron chi connectivity index (χ0n) is 14.3. The summed E-state index contributed by atoms with van der Waals surface area (Å²) in [5, 5.41) is 6.70. The lowest BCUT2D eigenvalue weighted by atomic mass is 10.2. The number of hydrogen-bond donors (Lipinski definition) is 1. The van der Waals surface area contributed by atoms with Gasteiger partial charge in [-0.1, -0.05) is 25.1 Å². The Bertz CT molecular complexity index is 1050. The summed E-state index contributed by atoms with van der Waals surface area (Å²) in [7, 11) is 0. The highest BCUT2D eigenvalue weighted by Crippen LogP contribution is 2.31. The Morgan fingerprint density at radius 3 is 2.81 bits per heavy atom. The predicted octanol–water partition coefficient (Wildman–Crippen LogP) is 4.82. The van der Waals surface area contributed by atoms with E-state index in [4.69, 9.17) is 0 Å². The highest BCUT2D eigenvalue weighted by molar-refractivity contribution is 7.13. The van der Waals surface area contributed by atoms with E-state index in [0.29, 0.717) is 11.4 Å². The van der Waals surface area contributed by atoms with Crippen LogP contribution in [0, 0.1) is 0 Å². The van der Waals surface area contributed by atoms with E-state index in [1.54, 1.807) is 29.9 Å². The van der Waals surface area contributed by atoms with Crippen LogP contribution in [-0.2, 0) is 6.54 Å². The Kier molecular flexibility index (Phi) is 4.50. The van der Waals surface area contributed by atoms with Crippen LogP contribution in [0.15, 0.2) is 60.2 Å². The van der Waals surface area contributed by atoms with Crippen molar-refractivity contribution in [1.82, 2.24) is 14.5 Å². The highest BCUT2D eigenvalue weighted by Gasteiger charge is 2.16. The number of thiazole rings is 1. The molecule has 1 N–H and O–H groups in total. The van der Waals surface area contributed by atoms with Gasteiger partial charge >= 0.3 is 0 Å². The minimum Gasteiger partial charge on any atom is -0.339 e. The molecule has 130 valence electrons. The third-order valence-electron chi connectivity index (χ3n) is 4.15. The Morgan fingerprint density at radius 1 is 1.19 bits per heavy atom. The van der Waals surface area contributed by atoms with Gasteiger partial charge < -0.3 is 9.88 Å². The molecular weight excluding hydrogens is 344 g/mol. The molecular formula is C20H18N4OS. The summed E-state index contributed by atoms with van der Waals surface area (Å²) < 4.78 is 2.28. The molecule has 6 heteroatoms. The average molecular weight is 362 g/mol. The fraction of sp³-hybridized carbons (Fsp3) is 0.150. The molecule has 0 saturated heterocycles. The number of rotatable bonds is 5. The second-order valence-electron chi connectivity index (χ2n) is 5.97. The van der Waals surface area contributed by atoms with Crippen molar-refractivity contribution in [1.29, 1.82) is 0 Å². The maximum atomic E-state index is 12.4. The largest absolute Gasteiger partial charge is 0.339 e. The van der Waals surface area contributed by atoms with E-state index < -0.39 is 0 Å². The molecule has 1 aromatic carbocycles. The summed E-state index contributed by atoms with van der Waals surface area (Å²) in [4.78, 5) is 21.0. The number of anilines is 1. The Morgan fingerprint density at radius 2 is 2.00 bits per heavy atom. The number of benzene rings is 1. The zero-order chi connectivity index (χ0) is 17.9. The summed E-state index contributed by atoms with van der Waals surface area (Å²) in [6, 6.07) is 14.0. The van der Waals surface area contributed by atoms with Crippen LogP contribution in [0.3, 0.4) is 0 Å². The summed E-state index contributed by atoms with van der Waals surface area (Å²) >= 11 is 1.49. The number of pyridine rings is 1. The lowest BCUT2D eigenvalue weighted by molar-refractivity contribution is 0.102. The Labute approximate surface area is 155 Å². The quantitative estimate of drug-likeness (QED) is 0.553. The van der Waals surface area contributed by atoms with Crippen molar-refractivity contribution in [2.24, 2.45) is 0 Å². The monoisotopic (exact) mass is 362 g/mol. The third-order valence-corrected chi connectivity index (χ3v) is 5.02. The molecule has 3 aromatic heterocycles. The standard InChI is InChI=1S/C20H18N4OS/c1-2-11-24-17-6-4-3-5-14(17)12-18(24)20-23-16(13-26-20)19(25)22-15-7-9-21-10-8-15/h3-10,12-13H,2,11H2,1H3,(H,21,22,25). The van der Waals surface area contributed by atoms with E-state index in [2.05, 4.69) is 45.0 Å². The van der Waals surface area contributed by atoms with Gasteiger partial charge in [0.25, 0.3) is 5.91 Å². The number of hydrogen-bond acceptors (Lipinski definition) is 4. The fourth-order valence-corrected chi connectivity index (χ4v) is 3.80. The second kappa shape index (κ2) is 7.09. The Balaban J connectivity index is 1.67. The molecule has 26 heavy (non-hydrogen) atoms. The van der Waals surface area contributed by atoms with Crippen molar-refractivity contribution in [3.05, 3.63) is 65.9 Å². The Hall–Kier alpha value is -2.99. The molecule has 0 radical (unpaired) electrons. The molecule has 5 nitrogen and oxygen atoms in total. The van der Waals surface area contributed by atoms with Crippen LogP contribution in [0.4, 0.5) is 5.69 Å². The topological polar surface area (TPSA) is 59.8 Å². The first kappa shape index (κ1) is 16.5. The van der Waals surface area contributed by atoms with Crippen molar-refractivity contribution in [2.45, 2.75) is 19.9 Å². The lowest BCUT2D eigenvalue weighted by Gasteiger charge is -2.07. The summed E-state index contributed by atoms with van der Waals surface area (Å²) in [5.41, 5.74) is 3.39. The summed E-state index contributed by atoms with van der Waals surface area (Å²) in [6.07, 6.45) is 4.32. The van der Waals surface area contributed by atoms with E-state index in [9.17, 15) is 4.79 Å². The maximum absolute atomic E-state index is 12.4. The molecule has 0 spiro atoms. The zero-order valence-corrected chi connectivity index (χ0v) is 15.2. The van der Waals surface area contributed by atoms with Crippen LogP contribution in [0.1, 0.15) is 23.8 Å². The molecule has 0 atom stereocenters. The fourth-order valence-electron chi connectivity index (χ4n) is 2.98. The first-order valence-electron chi connectivity index (χ1n) is 8.52. The van der Waals surface area contributed by atoms with Crippen molar-refractivity contribution in [2.75, 3.05) is 5.32 Å². The first-order valence-corrected chi connectivity index (χ1v) is 9.40. The number of nitrogens with one attached hydrogen (secondary N) is 1. The van der Waals surface area contributed by atoms with Gasteiger partial charge in [0.1, 0.15) is 10.7 Å². The molecule has 4 rings (SSSR count). The van der Waals surface area contributed by atoms with Crippen molar-refractivity contribution >= 4 is 33.8 Å². The van der Waals surface area contributed by atoms with Gasteiger partial charge in [-0.25, -0.2) is 4.98 Å². The van der Waals surface area contributed by atoms with Gasteiger partial charge in [0.15, 0.2) is 0 Å². The van der Waals surface area contributed by atoms with Crippen LogP contribution in [-0.4, -0.2) is 20.4 Å². The normalized spacial score (nSPS) is 11.0. The third kappa shape index (κ3) is 3.11. The molecule has 1 amide bonds. The van der Waals surface area contributed by atoms with Gasteiger partial charge in [-0.15, -0.1) is 11.3 Å². The van der Waals surface area contributed by atoms with Crippen LogP contribution >= 0.6 is 11.3 Å². The number of aromatic nitrogens is 3. The number of para-hydroxylation sites is 1. The number of carbonyl (C=O) groups excluding carboxylic acids is 1. The number of carbonyl (C=O) groups is 1. The molecule has 0 saturated carbocycles. The van der Waals surface area contributed by atoms with Gasteiger partial charge in [-0.3, -0.25) is 9.78 Å². The predicted molar refractivity (Wildman–Crippen MR) is 106 cm³/mol. The molecule has 0 aliphatic heterocycles. The SMILES string of the molecule is CCCn1c(-c2nc(C(=O)Nc3ccncc3)cs2)cc2ccccc21. The number of amides is 1. The number of fused-ring (bicyclic) bond motifs is 1. The van der Waals surface area contributed by atoms with E-state index in [1.165, 1.54) is 22.2 Å². The van der Waals surface area contributed by atoms with Crippen molar-refractivity contribution < 1.29 is 4.79 Å². The van der Waals surface area contributed by atoms with Crippen molar-refractivity contribution in [3.63, 3.8) is 0 Å². The molecule has 0 bridgehead atoms. The lowest BCUT2D eigenvalue weighted by Crippen LogP contribution is -2.12. The van der Waals surface area contributed by atoms with E-state index >= 15 is 0 Å². The molecule has 3 heterocycles. The average Bonchev–Trinajstić information content (AvgIpc) is 3.28. The molecule has 4 aromatic rings. The summed E-state index contributed by atoms with van der Waals surface area (Å²) in [5.74, 6) is -0.211. The summed E-state index contributed by atoms with van der Waals surface area (Å²) in [6.45, 7) is 3.08. The second-order valence-corrected chi connectivity index (χ2v) is 6.83. The minimum absolute atomic E-state index is 0.211. The maximum Gasteiger partial charge on any atom is 0.275 e. The minimum atomic E-state index is -0.211. The molecule has 0 aliphatic rings. The van der Waals surface area contributed by atoms with Gasteiger partial charge in [-0.2, -0.15) is 0 Å². The van der Waals surface area contributed by atoms with Crippen LogP contribution in [0.5, 0.6) is 0 Å². The van der Waals surface area contributed by atoms with Crippen LogP contribution < -0.4 is 5.32 Å².